The van der Waals surface area contributed by atoms with E-state index in [2.05, 4.69) is 0 Å². The molecule has 5 heteroatoms. The van der Waals surface area contributed by atoms with Crippen molar-refractivity contribution in [3.63, 3.8) is 0 Å². The Bertz CT molecular complexity index is 455. The van der Waals surface area contributed by atoms with E-state index in [1.54, 1.807) is 0 Å². The van der Waals surface area contributed by atoms with Crippen LogP contribution in [-0.4, -0.2) is 17.0 Å². The van der Waals surface area contributed by atoms with Crippen molar-refractivity contribution in [1.29, 1.82) is 0 Å². The van der Waals surface area contributed by atoms with Crippen molar-refractivity contribution in [3.8, 4) is 0 Å². The number of rotatable bonds is 4. The summed E-state index contributed by atoms with van der Waals surface area (Å²) in [6.07, 6.45) is 2.87. The molecule has 0 heterocycles. The lowest BCUT2D eigenvalue weighted by Crippen LogP contribution is -2.08. The number of amides is 1. The minimum atomic E-state index is -1.22. The van der Waals surface area contributed by atoms with Gasteiger partial charge in [-0.3, -0.25) is 4.79 Å². The SMILES string of the molecule is NC(=O)CC=Cc1ccc(F)cc1C(=O)O. The smallest absolute Gasteiger partial charge is 0.336 e. The Labute approximate surface area is 91.2 Å². The number of aromatic carboxylic acids is 1. The van der Waals surface area contributed by atoms with Crippen molar-refractivity contribution in [1.82, 2.24) is 0 Å². The summed E-state index contributed by atoms with van der Waals surface area (Å²) in [5.74, 6) is -2.36. The second-order valence-electron chi connectivity index (χ2n) is 3.11. The average Bonchev–Trinajstić information content (AvgIpc) is 2.19. The van der Waals surface area contributed by atoms with Crippen LogP contribution in [0.4, 0.5) is 4.39 Å². The van der Waals surface area contributed by atoms with Gasteiger partial charge < -0.3 is 10.8 Å². The quantitative estimate of drug-likeness (QED) is 0.809. The topological polar surface area (TPSA) is 80.4 Å². The number of primary amides is 1. The van der Waals surface area contributed by atoms with Gasteiger partial charge in [0.1, 0.15) is 5.82 Å². The molecule has 1 aromatic rings. The lowest BCUT2D eigenvalue weighted by atomic mass is 10.1. The summed E-state index contributed by atoms with van der Waals surface area (Å²) in [6.45, 7) is 0. The van der Waals surface area contributed by atoms with Crippen LogP contribution in [-0.2, 0) is 4.79 Å². The normalized spacial score (nSPS) is 10.6. The van der Waals surface area contributed by atoms with Crippen LogP contribution < -0.4 is 5.73 Å². The molecular weight excluding hydrogens is 213 g/mol. The molecule has 0 saturated heterocycles. The first-order chi connectivity index (χ1) is 7.50. The molecule has 0 fully saturated rings. The fourth-order valence-electron chi connectivity index (χ4n) is 1.16. The summed E-state index contributed by atoms with van der Waals surface area (Å²) in [7, 11) is 0. The lowest BCUT2D eigenvalue weighted by Gasteiger charge is -2.00. The summed E-state index contributed by atoms with van der Waals surface area (Å²) in [5.41, 5.74) is 5.09. The van der Waals surface area contributed by atoms with Crippen LogP contribution in [0.1, 0.15) is 22.3 Å². The van der Waals surface area contributed by atoms with Crippen LogP contribution in [0.3, 0.4) is 0 Å². The van der Waals surface area contributed by atoms with Crippen LogP contribution in [0, 0.1) is 5.82 Å². The molecule has 1 aromatic carbocycles. The third-order valence-electron chi connectivity index (χ3n) is 1.86. The molecule has 84 valence electrons. The number of hydrogen-bond acceptors (Lipinski definition) is 2. The zero-order chi connectivity index (χ0) is 12.1. The van der Waals surface area contributed by atoms with Crippen molar-refractivity contribution < 1.29 is 19.1 Å². The van der Waals surface area contributed by atoms with E-state index in [0.717, 1.165) is 12.1 Å². The Hall–Kier alpha value is -2.17. The molecule has 0 aliphatic rings. The van der Waals surface area contributed by atoms with Crippen molar-refractivity contribution in [2.24, 2.45) is 5.73 Å². The van der Waals surface area contributed by atoms with Crippen LogP contribution in [0.2, 0.25) is 0 Å². The van der Waals surface area contributed by atoms with E-state index in [9.17, 15) is 14.0 Å². The Kier molecular flexibility index (Phi) is 3.77. The Morgan fingerprint density at radius 1 is 1.44 bits per heavy atom. The van der Waals surface area contributed by atoms with E-state index < -0.39 is 17.7 Å². The number of halogens is 1. The minimum Gasteiger partial charge on any atom is -0.478 e. The largest absolute Gasteiger partial charge is 0.478 e. The maximum atomic E-state index is 12.8. The van der Waals surface area contributed by atoms with E-state index in [1.807, 2.05) is 0 Å². The van der Waals surface area contributed by atoms with Gasteiger partial charge >= 0.3 is 5.97 Å². The van der Waals surface area contributed by atoms with Gasteiger partial charge in [0.25, 0.3) is 0 Å². The minimum absolute atomic E-state index is 0.0104. The number of nitrogens with two attached hydrogens (primary N) is 1. The van der Waals surface area contributed by atoms with Crippen molar-refractivity contribution in [3.05, 3.63) is 41.2 Å². The van der Waals surface area contributed by atoms with Gasteiger partial charge in [0.05, 0.1) is 5.56 Å². The molecule has 0 aromatic heterocycles. The first-order valence-corrected chi connectivity index (χ1v) is 4.48. The molecule has 16 heavy (non-hydrogen) atoms. The maximum Gasteiger partial charge on any atom is 0.336 e. The maximum absolute atomic E-state index is 12.8. The van der Waals surface area contributed by atoms with E-state index >= 15 is 0 Å². The fraction of sp³-hybridized carbons (Fsp3) is 0.0909. The van der Waals surface area contributed by atoms with Gasteiger partial charge in [0, 0.05) is 6.42 Å². The van der Waals surface area contributed by atoms with E-state index in [1.165, 1.54) is 18.2 Å². The summed E-state index contributed by atoms with van der Waals surface area (Å²) >= 11 is 0. The molecule has 0 saturated carbocycles. The number of hydrogen-bond donors (Lipinski definition) is 2. The summed E-state index contributed by atoms with van der Waals surface area (Å²) in [6, 6.07) is 3.40. The molecule has 1 amide bonds. The van der Waals surface area contributed by atoms with Gasteiger partial charge in [-0.1, -0.05) is 18.2 Å². The van der Waals surface area contributed by atoms with E-state index in [4.69, 9.17) is 10.8 Å². The zero-order valence-electron chi connectivity index (χ0n) is 8.31. The second-order valence-corrected chi connectivity index (χ2v) is 3.11. The molecule has 0 aliphatic heterocycles. The monoisotopic (exact) mass is 223 g/mol. The summed E-state index contributed by atoms with van der Waals surface area (Å²) in [4.78, 5) is 21.2. The number of carbonyl (C=O) groups is 2. The third kappa shape index (κ3) is 3.20. The third-order valence-corrected chi connectivity index (χ3v) is 1.86. The van der Waals surface area contributed by atoms with Crippen molar-refractivity contribution in [2.45, 2.75) is 6.42 Å². The lowest BCUT2D eigenvalue weighted by molar-refractivity contribution is -0.117. The molecular formula is C11H10FNO3. The number of benzene rings is 1. The average molecular weight is 223 g/mol. The summed E-state index contributed by atoms with van der Waals surface area (Å²) < 4.78 is 12.8. The highest BCUT2D eigenvalue weighted by molar-refractivity contribution is 5.92. The summed E-state index contributed by atoms with van der Waals surface area (Å²) in [5, 5.41) is 8.81. The van der Waals surface area contributed by atoms with Crippen LogP contribution >= 0.6 is 0 Å². The molecule has 3 N–H and O–H groups in total. The van der Waals surface area contributed by atoms with Gasteiger partial charge in [-0.15, -0.1) is 0 Å². The van der Waals surface area contributed by atoms with E-state index in [0.29, 0.717) is 5.56 Å². The number of carbonyl (C=O) groups excluding carboxylic acids is 1. The second kappa shape index (κ2) is 5.06. The molecule has 0 aliphatic carbocycles. The van der Waals surface area contributed by atoms with Gasteiger partial charge in [-0.2, -0.15) is 0 Å². The predicted octanol–water partition coefficient (Wildman–Crippen LogP) is 1.41. The Balaban J connectivity index is 2.99. The molecule has 0 bridgehead atoms. The number of carboxylic acids is 1. The van der Waals surface area contributed by atoms with Gasteiger partial charge in [0.2, 0.25) is 5.91 Å². The van der Waals surface area contributed by atoms with Crippen molar-refractivity contribution >= 4 is 18.0 Å². The highest BCUT2D eigenvalue weighted by atomic mass is 19.1. The van der Waals surface area contributed by atoms with Crippen molar-refractivity contribution in [2.75, 3.05) is 0 Å². The molecule has 0 radical (unpaired) electrons. The highest BCUT2D eigenvalue weighted by Gasteiger charge is 2.08. The zero-order valence-corrected chi connectivity index (χ0v) is 8.31. The molecule has 0 atom stereocenters. The van der Waals surface area contributed by atoms with Gasteiger partial charge in [-0.25, -0.2) is 9.18 Å². The van der Waals surface area contributed by atoms with Crippen LogP contribution in [0.25, 0.3) is 6.08 Å². The van der Waals surface area contributed by atoms with Gasteiger partial charge in [0.15, 0.2) is 0 Å². The molecule has 0 spiro atoms. The molecule has 0 unspecified atom stereocenters. The fourth-order valence-corrected chi connectivity index (χ4v) is 1.16. The molecule has 1 rings (SSSR count). The Morgan fingerprint density at radius 2 is 2.12 bits per heavy atom. The van der Waals surface area contributed by atoms with Crippen LogP contribution in [0.5, 0.6) is 0 Å². The predicted molar refractivity (Wildman–Crippen MR) is 56.2 cm³/mol. The van der Waals surface area contributed by atoms with Gasteiger partial charge in [-0.05, 0) is 17.7 Å². The Morgan fingerprint density at radius 3 is 2.69 bits per heavy atom. The highest BCUT2D eigenvalue weighted by Crippen LogP contribution is 2.13. The first kappa shape index (κ1) is 11.9. The first-order valence-electron chi connectivity index (χ1n) is 4.48. The number of carboxylic acid groups (broad SMARTS) is 1. The van der Waals surface area contributed by atoms with E-state index in [-0.39, 0.29) is 12.0 Å². The van der Waals surface area contributed by atoms with Crippen LogP contribution in [0.15, 0.2) is 24.3 Å². The standard InChI is InChI=1S/C11H10FNO3/c12-8-5-4-7(2-1-3-10(13)14)9(6-8)11(15)16/h1-2,4-6H,3H2,(H2,13,14)(H,15,16). The molecule has 4 nitrogen and oxygen atoms in total.